The number of rotatable bonds is 6. The Kier molecular flexibility index (Phi) is 5.30. The molecule has 0 aromatic heterocycles. The summed E-state index contributed by atoms with van der Waals surface area (Å²) in [5.41, 5.74) is 2.14. The van der Waals surface area contributed by atoms with Gasteiger partial charge in [0, 0.05) is 13.1 Å². The van der Waals surface area contributed by atoms with Crippen molar-refractivity contribution in [2.75, 3.05) is 13.1 Å². The molecule has 4 rings (SSSR count). The number of benzene rings is 2. The van der Waals surface area contributed by atoms with Crippen LogP contribution in [0.5, 0.6) is 0 Å². The Morgan fingerprint density at radius 1 is 1.23 bits per heavy atom. The Hall–Kier alpha value is -3.92. The molecule has 1 heterocycles. The van der Waals surface area contributed by atoms with E-state index >= 15 is 0 Å². The average Bonchev–Trinajstić information content (AvgIpc) is 3.27. The molecule has 4 amide bonds. The molecule has 1 atom stereocenters. The number of hydrogen-bond donors (Lipinski definition) is 1. The van der Waals surface area contributed by atoms with Crippen molar-refractivity contribution in [3.05, 3.63) is 83.4 Å². The van der Waals surface area contributed by atoms with Gasteiger partial charge in [0.05, 0.1) is 11.6 Å². The number of nitrogens with one attached hydrogen (secondary N) is 1. The third-order valence-corrected chi connectivity index (χ3v) is 5.87. The summed E-state index contributed by atoms with van der Waals surface area (Å²) in [6.07, 6.45) is 2.79. The van der Waals surface area contributed by atoms with Gasteiger partial charge in [0.25, 0.3) is 5.91 Å². The molecule has 7 nitrogen and oxygen atoms in total. The standard InChI is InChI=1S/C24H22N4O3/c1-2-13-27(15-18-9-7-17(14-25)8-10-18)21(29)16-28-22(30)24(26-23(28)31)12-11-19-5-3-4-6-20(19)24/h2-10H,1,11-13,15-16H2,(H,26,31). The van der Waals surface area contributed by atoms with Gasteiger partial charge in [0.15, 0.2) is 0 Å². The summed E-state index contributed by atoms with van der Waals surface area (Å²) in [6.45, 7) is 3.93. The number of nitriles is 1. The molecule has 1 N–H and O–H groups in total. The number of carbonyl (C=O) groups excluding carboxylic acids is 3. The lowest BCUT2D eigenvalue weighted by Crippen LogP contribution is -2.44. The second-order valence-electron chi connectivity index (χ2n) is 7.76. The van der Waals surface area contributed by atoms with Crippen LogP contribution in [0.15, 0.2) is 61.2 Å². The van der Waals surface area contributed by atoms with E-state index in [2.05, 4.69) is 18.0 Å². The summed E-state index contributed by atoms with van der Waals surface area (Å²) in [4.78, 5) is 41.5. The van der Waals surface area contributed by atoms with Crippen LogP contribution in [0.25, 0.3) is 0 Å². The van der Waals surface area contributed by atoms with E-state index in [0.717, 1.165) is 21.6 Å². The molecule has 1 saturated heterocycles. The average molecular weight is 414 g/mol. The summed E-state index contributed by atoms with van der Waals surface area (Å²) in [6, 6.07) is 16.0. The van der Waals surface area contributed by atoms with Crippen LogP contribution in [0.3, 0.4) is 0 Å². The first-order valence-corrected chi connectivity index (χ1v) is 10.1. The zero-order chi connectivity index (χ0) is 22.0. The molecule has 156 valence electrons. The van der Waals surface area contributed by atoms with E-state index in [1.807, 2.05) is 24.3 Å². The third kappa shape index (κ3) is 3.57. The fraction of sp³-hybridized carbons (Fsp3) is 0.250. The van der Waals surface area contributed by atoms with Crippen LogP contribution in [0.2, 0.25) is 0 Å². The van der Waals surface area contributed by atoms with E-state index < -0.39 is 11.6 Å². The lowest BCUT2D eigenvalue weighted by atomic mass is 9.92. The molecule has 1 aliphatic heterocycles. The molecule has 2 aromatic carbocycles. The number of hydrogen-bond acceptors (Lipinski definition) is 4. The van der Waals surface area contributed by atoms with Crippen LogP contribution in [0.4, 0.5) is 4.79 Å². The first kappa shape index (κ1) is 20.4. The molecule has 0 bridgehead atoms. The van der Waals surface area contributed by atoms with Gasteiger partial charge in [0.2, 0.25) is 5.91 Å². The number of aryl methyl sites for hydroxylation is 1. The molecule has 2 aliphatic rings. The van der Waals surface area contributed by atoms with E-state index in [9.17, 15) is 14.4 Å². The number of urea groups is 1. The van der Waals surface area contributed by atoms with Gasteiger partial charge in [-0.25, -0.2) is 4.79 Å². The summed E-state index contributed by atoms with van der Waals surface area (Å²) >= 11 is 0. The number of imide groups is 1. The predicted molar refractivity (Wildman–Crippen MR) is 113 cm³/mol. The van der Waals surface area contributed by atoms with Crippen LogP contribution in [-0.4, -0.2) is 40.7 Å². The molecule has 2 aromatic rings. The Morgan fingerprint density at radius 2 is 1.97 bits per heavy atom. The lowest BCUT2D eigenvalue weighted by Gasteiger charge is -2.25. The van der Waals surface area contributed by atoms with Gasteiger partial charge >= 0.3 is 6.03 Å². The number of fused-ring (bicyclic) bond motifs is 2. The molecule has 0 saturated carbocycles. The van der Waals surface area contributed by atoms with Crippen molar-refractivity contribution >= 4 is 17.8 Å². The van der Waals surface area contributed by atoms with Gasteiger partial charge in [0.1, 0.15) is 12.1 Å². The molecule has 1 spiro atoms. The van der Waals surface area contributed by atoms with Crippen molar-refractivity contribution in [1.29, 1.82) is 5.26 Å². The second kappa shape index (κ2) is 8.07. The maximum absolute atomic E-state index is 13.3. The van der Waals surface area contributed by atoms with Crippen molar-refractivity contribution in [3.63, 3.8) is 0 Å². The number of nitrogens with zero attached hydrogens (tertiary/aromatic N) is 3. The largest absolute Gasteiger partial charge is 0.333 e. The van der Waals surface area contributed by atoms with Crippen molar-refractivity contribution in [3.8, 4) is 6.07 Å². The number of carbonyl (C=O) groups is 3. The summed E-state index contributed by atoms with van der Waals surface area (Å²) in [7, 11) is 0. The highest BCUT2D eigenvalue weighted by Gasteiger charge is 2.55. The van der Waals surface area contributed by atoms with E-state index in [4.69, 9.17) is 5.26 Å². The van der Waals surface area contributed by atoms with Crippen LogP contribution in [-0.2, 0) is 28.1 Å². The SMILES string of the molecule is C=CCN(Cc1ccc(C#N)cc1)C(=O)CN1C(=O)NC2(CCc3ccccc32)C1=O. The Labute approximate surface area is 180 Å². The fourth-order valence-corrected chi connectivity index (χ4v) is 4.28. The third-order valence-electron chi connectivity index (χ3n) is 5.87. The molecule has 1 aliphatic carbocycles. The zero-order valence-electron chi connectivity index (χ0n) is 17.0. The zero-order valence-corrected chi connectivity index (χ0v) is 17.0. The van der Waals surface area contributed by atoms with E-state index in [0.29, 0.717) is 18.4 Å². The maximum atomic E-state index is 13.3. The molecular formula is C24H22N4O3. The topological polar surface area (TPSA) is 93.5 Å². The van der Waals surface area contributed by atoms with Crippen molar-refractivity contribution < 1.29 is 14.4 Å². The van der Waals surface area contributed by atoms with Crippen molar-refractivity contribution in [1.82, 2.24) is 15.1 Å². The molecular weight excluding hydrogens is 392 g/mol. The van der Waals surface area contributed by atoms with Gasteiger partial charge < -0.3 is 10.2 Å². The molecule has 7 heteroatoms. The quantitative estimate of drug-likeness (QED) is 0.580. The van der Waals surface area contributed by atoms with Gasteiger partial charge in [-0.3, -0.25) is 14.5 Å². The molecule has 1 unspecified atom stereocenters. The highest BCUT2D eigenvalue weighted by molar-refractivity contribution is 6.09. The van der Waals surface area contributed by atoms with E-state index in [1.165, 1.54) is 4.90 Å². The van der Waals surface area contributed by atoms with Crippen molar-refractivity contribution in [2.45, 2.75) is 24.9 Å². The number of amides is 4. The van der Waals surface area contributed by atoms with Crippen LogP contribution in [0.1, 0.15) is 28.7 Å². The van der Waals surface area contributed by atoms with Gasteiger partial charge in [-0.05, 0) is 41.7 Å². The molecule has 31 heavy (non-hydrogen) atoms. The first-order valence-electron chi connectivity index (χ1n) is 10.1. The van der Waals surface area contributed by atoms with E-state index in [-0.39, 0.29) is 31.4 Å². The van der Waals surface area contributed by atoms with Crippen LogP contribution in [0, 0.1) is 11.3 Å². The van der Waals surface area contributed by atoms with Crippen molar-refractivity contribution in [2.24, 2.45) is 0 Å². The highest BCUT2D eigenvalue weighted by Crippen LogP contribution is 2.41. The Bertz CT molecular complexity index is 1100. The van der Waals surface area contributed by atoms with Crippen LogP contribution < -0.4 is 5.32 Å². The first-order chi connectivity index (χ1) is 15.0. The molecule has 0 radical (unpaired) electrons. The second-order valence-corrected chi connectivity index (χ2v) is 7.76. The smallest absolute Gasteiger partial charge is 0.325 e. The monoisotopic (exact) mass is 414 g/mol. The summed E-state index contributed by atoms with van der Waals surface area (Å²) in [5, 5.41) is 11.8. The molecule has 1 fully saturated rings. The highest BCUT2D eigenvalue weighted by atomic mass is 16.2. The van der Waals surface area contributed by atoms with Crippen LogP contribution >= 0.6 is 0 Å². The maximum Gasteiger partial charge on any atom is 0.325 e. The fourth-order valence-electron chi connectivity index (χ4n) is 4.28. The van der Waals surface area contributed by atoms with Gasteiger partial charge in [-0.2, -0.15) is 5.26 Å². The summed E-state index contributed by atoms with van der Waals surface area (Å²) in [5.74, 6) is -0.733. The normalized spacial score (nSPS) is 19.1. The Balaban J connectivity index is 1.51. The lowest BCUT2D eigenvalue weighted by molar-refractivity contribution is -0.139. The predicted octanol–water partition coefficient (Wildman–Crippen LogP) is 2.47. The Morgan fingerprint density at radius 3 is 2.68 bits per heavy atom. The van der Waals surface area contributed by atoms with E-state index in [1.54, 1.807) is 30.3 Å². The minimum absolute atomic E-state index is 0.274. The minimum atomic E-state index is -1.08. The van der Waals surface area contributed by atoms with Gasteiger partial charge in [-0.15, -0.1) is 6.58 Å². The minimum Gasteiger partial charge on any atom is -0.333 e. The summed E-state index contributed by atoms with van der Waals surface area (Å²) < 4.78 is 0. The van der Waals surface area contributed by atoms with Gasteiger partial charge in [-0.1, -0.05) is 42.5 Å².